The van der Waals surface area contributed by atoms with Crippen molar-refractivity contribution in [3.8, 4) is 0 Å². The van der Waals surface area contributed by atoms with Crippen LogP contribution in [-0.4, -0.2) is 21.6 Å². The predicted molar refractivity (Wildman–Crippen MR) is 77.6 cm³/mol. The average molecular weight is 316 g/mol. The molecule has 4 nitrogen and oxygen atoms in total. The van der Waals surface area contributed by atoms with E-state index >= 15 is 0 Å². The first-order valence-electron chi connectivity index (χ1n) is 5.48. The van der Waals surface area contributed by atoms with Crippen LogP contribution in [0.3, 0.4) is 0 Å². The van der Waals surface area contributed by atoms with Gasteiger partial charge in [0.25, 0.3) is 0 Å². The summed E-state index contributed by atoms with van der Waals surface area (Å²) in [7, 11) is 0. The van der Waals surface area contributed by atoms with Crippen LogP contribution in [0.5, 0.6) is 0 Å². The molecule has 100 valence electrons. The highest BCUT2D eigenvalue weighted by atomic mass is 35.5. The largest absolute Gasteiger partial charge is 0.348 e. The van der Waals surface area contributed by atoms with E-state index in [1.54, 1.807) is 30.6 Å². The number of aromatic amines is 1. The Morgan fingerprint density at radius 3 is 3.00 bits per heavy atom. The van der Waals surface area contributed by atoms with E-state index in [1.807, 2.05) is 0 Å². The molecule has 1 aromatic heterocycles. The van der Waals surface area contributed by atoms with Crippen LogP contribution in [0, 0.1) is 0 Å². The molecular formula is C12H11Cl2N3OS. The Morgan fingerprint density at radius 1 is 1.42 bits per heavy atom. The molecule has 0 unspecified atom stereocenters. The molecule has 1 heterocycles. The molecule has 0 bridgehead atoms. The molecule has 0 saturated carbocycles. The zero-order valence-corrected chi connectivity index (χ0v) is 12.1. The lowest BCUT2D eigenvalue weighted by molar-refractivity contribution is -0.118. The first-order valence-corrected chi connectivity index (χ1v) is 7.22. The van der Waals surface area contributed by atoms with Gasteiger partial charge in [-0.25, -0.2) is 4.98 Å². The lowest BCUT2D eigenvalue weighted by Gasteiger charge is -2.05. The highest BCUT2D eigenvalue weighted by Crippen LogP contribution is 2.29. The number of H-pyrrole nitrogens is 1. The second kappa shape index (κ2) is 6.84. The lowest BCUT2D eigenvalue weighted by Crippen LogP contribution is -2.25. The number of rotatable bonds is 5. The molecular weight excluding hydrogens is 305 g/mol. The molecule has 2 rings (SSSR count). The fourth-order valence-corrected chi connectivity index (χ4v) is 2.68. The van der Waals surface area contributed by atoms with Crippen LogP contribution in [0.4, 0.5) is 0 Å². The average Bonchev–Trinajstić information content (AvgIpc) is 2.90. The normalized spacial score (nSPS) is 10.4. The van der Waals surface area contributed by atoms with Crippen LogP contribution in [-0.2, 0) is 11.3 Å². The minimum atomic E-state index is -0.0857. The topological polar surface area (TPSA) is 57.8 Å². The van der Waals surface area contributed by atoms with E-state index in [0.29, 0.717) is 16.6 Å². The number of hydrogen-bond acceptors (Lipinski definition) is 3. The highest BCUT2D eigenvalue weighted by Gasteiger charge is 2.07. The van der Waals surface area contributed by atoms with Crippen molar-refractivity contribution in [3.63, 3.8) is 0 Å². The smallest absolute Gasteiger partial charge is 0.230 e. The van der Waals surface area contributed by atoms with Crippen molar-refractivity contribution in [1.29, 1.82) is 0 Å². The van der Waals surface area contributed by atoms with Gasteiger partial charge >= 0.3 is 0 Å². The maximum Gasteiger partial charge on any atom is 0.230 e. The molecule has 19 heavy (non-hydrogen) atoms. The lowest BCUT2D eigenvalue weighted by atomic mass is 10.4. The third kappa shape index (κ3) is 4.45. The number of nitrogens with one attached hydrogen (secondary N) is 2. The molecule has 2 N–H and O–H groups in total. The van der Waals surface area contributed by atoms with Gasteiger partial charge in [0.15, 0.2) is 0 Å². The minimum Gasteiger partial charge on any atom is -0.348 e. The number of benzene rings is 1. The Kier molecular flexibility index (Phi) is 5.13. The number of aromatic nitrogens is 2. The Labute approximate surface area is 124 Å². The minimum absolute atomic E-state index is 0.0857. The predicted octanol–water partition coefficient (Wildman–Crippen LogP) is 3.13. The molecule has 1 amide bonds. The van der Waals surface area contributed by atoms with Gasteiger partial charge in [-0.15, -0.1) is 11.8 Å². The number of hydrogen-bond donors (Lipinski definition) is 2. The summed E-state index contributed by atoms with van der Waals surface area (Å²) in [6.07, 6.45) is 3.35. The van der Waals surface area contributed by atoms with Gasteiger partial charge in [0, 0.05) is 22.3 Å². The van der Waals surface area contributed by atoms with Crippen molar-refractivity contribution in [2.45, 2.75) is 11.4 Å². The monoisotopic (exact) mass is 315 g/mol. The van der Waals surface area contributed by atoms with Gasteiger partial charge in [-0.05, 0) is 18.2 Å². The molecule has 0 aliphatic heterocycles. The molecule has 0 aliphatic rings. The molecule has 0 fully saturated rings. The van der Waals surface area contributed by atoms with E-state index < -0.39 is 0 Å². The van der Waals surface area contributed by atoms with Gasteiger partial charge in [0.2, 0.25) is 5.91 Å². The number of nitrogens with zero attached hydrogens (tertiary/aromatic N) is 1. The van der Waals surface area contributed by atoms with Gasteiger partial charge in [-0.2, -0.15) is 0 Å². The van der Waals surface area contributed by atoms with E-state index in [-0.39, 0.29) is 11.7 Å². The molecule has 7 heteroatoms. The maximum absolute atomic E-state index is 11.7. The molecule has 2 aromatic rings. The van der Waals surface area contributed by atoms with E-state index in [2.05, 4.69) is 15.3 Å². The molecule has 0 radical (unpaired) electrons. The van der Waals surface area contributed by atoms with E-state index in [1.165, 1.54) is 11.8 Å². The summed E-state index contributed by atoms with van der Waals surface area (Å²) in [6, 6.07) is 5.17. The fraction of sp³-hybridized carbons (Fsp3) is 0.167. The van der Waals surface area contributed by atoms with Crippen molar-refractivity contribution in [2.75, 3.05) is 5.75 Å². The van der Waals surface area contributed by atoms with E-state index in [9.17, 15) is 4.79 Å². The molecule has 0 atom stereocenters. The summed E-state index contributed by atoms with van der Waals surface area (Å²) in [6.45, 7) is 0.385. The second-order valence-corrected chi connectivity index (χ2v) is 5.54. The third-order valence-electron chi connectivity index (χ3n) is 2.26. The van der Waals surface area contributed by atoms with Crippen molar-refractivity contribution in [2.24, 2.45) is 0 Å². The van der Waals surface area contributed by atoms with Gasteiger partial charge in [-0.3, -0.25) is 4.79 Å². The number of carbonyl (C=O) groups excluding carboxylic acids is 1. The van der Waals surface area contributed by atoms with Crippen molar-refractivity contribution < 1.29 is 4.79 Å². The quantitative estimate of drug-likeness (QED) is 0.833. The van der Waals surface area contributed by atoms with Crippen molar-refractivity contribution >= 4 is 40.9 Å². The third-order valence-corrected chi connectivity index (χ3v) is 3.99. The van der Waals surface area contributed by atoms with Crippen LogP contribution in [0.2, 0.25) is 10.0 Å². The highest BCUT2D eigenvalue weighted by molar-refractivity contribution is 8.00. The van der Waals surface area contributed by atoms with Gasteiger partial charge in [0.1, 0.15) is 5.82 Å². The number of imidazole rings is 1. The summed E-state index contributed by atoms with van der Waals surface area (Å²) >= 11 is 13.2. The summed E-state index contributed by atoms with van der Waals surface area (Å²) < 4.78 is 0. The van der Waals surface area contributed by atoms with Crippen LogP contribution >= 0.6 is 35.0 Å². The van der Waals surface area contributed by atoms with E-state index in [4.69, 9.17) is 23.2 Å². The van der Waals surface area contributed by atoms with Crippen molar-refractivity contribution in [3.05, 3.63) is 46.5 Å². The second-order valence-electron chi connectivity index (χ2n) is 3.68. The van der Waals surface area contributed by atoms with E-state index in [0.717, 1.165) is 10.7 Å². The number of amides is 1. The summed E-state index contributed by atoms with van der Waals surface area (Å²) in [4.78, 5) is 19.4. The fourth-order valence-electron chi connectivity index (χ4n) is 1.36. The SMILES string of the molecule is O=C(CSc1cc(Cl)ccc1Cl)NCc1ncc[nH]1. The Bertz CT molecular complexity index is 560. The first-order chi connectivity index (χ1) is 9.15. The number of carbonyl (C=O) groups is 1. The summed E-state index contributed by atoms with van der Waals surface area (Å²) in [5.74, 6) is 0.914. The molecule has 0 aliphatic carbocycles. The van der Waals surface area contributed by atoms with Gasteiger partial charge in [-0.1, -0.05) is 23.2 Å². The number of halogens is 2. The zero-order chi connectivity index (χ0) is 13.7. The first kappa shape index (κ1) is 14.2. The van der Waals surface area contributed by atoms with Crippen LogP contribution < -0.4 is 5.32 Å². The van der Waals surface area contributed by atoms with Crippen LogP contribution in [0.1, 0.15) is 5.82 Å². The van der Waals surface area contributed by atoms with Gasteiger partial charge < -0.3 is 10.3 Å². The Hall–Kier alpha value is -1.17. The zero-order valence-electron chi connectivity index (χ0n) is 9.82. The van der Waals surface area contributed by atoms with Crippen molar-refractivity contribution in [1.82, 2.24) is 15.3 Å². The summed E-state index contributed by atoms with van der Waals surface area (Å²) in [5.41, 5.74) is 0. The standard InChI is InChI=1S/C12H11Cl2N3OS/c13-8-1-2-9(14)10(5-8)19-7-12(18)17-6-11-15-3-4-16-11/h1-5H,6-7H2,(H,15,16)(H,17,18). The Morgan fingerprint density at radius 2 is 2.26 bits per heavy atom. The Balaban J connectivity index is 1.81. The maximum atomic E-state index is 11.7. The molecule has 1 aromatic carbocycles. The van der Waals surface area contributed by atoms with Gasteiger partial charge in [0.05, 0.1) is 17.3 Å². The van der Waals surface area contributed by atoms with Crippen LogP contribution in [0.25, 0.3) is 0 Å². The molecule has 0 saturated heterocycles. The van der Waals surface area contributed by atoms with Crippen LogP contribution in [0.15, 0.2) is 35.5 Å². The molecule has 0 spiro atoms. The summed E-state index contributed by atoms with van der Waals surface area (Å²) in [5, 5.41) is 3.95. The number of thioether (sulfide) groups is 1.